The predicted molar refractivity (Wildman–Crippen MR) is 82.8 cm³/mol. The van der Waals surface area contributed by atoms with Crippen molar-refractivity contribution in [1.29, 1.82) is 0 Å². The molecule has 0 bridgehead atoms. The van der Waals surface area contributed by atoms with Crippen molar-refractivity contribution in [1.82, 2.24) is 5.32 Å². The van der Waals surface area contributed by atoms with Crippen LogP contribution in [-0.4, -0.2) is 19.1 Å². The Morgan fingerprint density at radius 1 is 1.10 bits per heavy atom. The first kappa shape index (κ1) is 16.5. The molecule has 1 amide bonds. The van der Waals surface area contributed by atoms with Gasteiger partial charge in [-0.3, -0.25) is 4.79 Å². The second kappa shape index (κ2) is 7.93. The zero-order chi connectivity index (χ0) is 15.1. The van der Waals surface area contributed by atoms with Crippen molar-refractivity contribution < 1.29 is 9.53 Å². The maximum atomic E-state index is 11.8. The van der Waals surface area contributed by atoms with E-state index in [0.29, 0.717) is 24.3 Å². The monoisotopic (exact) mass is 277 g/mol. The first-order chi connectivity index (χ1) is 9.40. The molecule has 3 heteroatoms. The highest BCUT2D eigenvalue weighted by atomic mass is 16.5. The maximum absolute atomic E-state index is 11.8. The Morgan fingerprint density at radius 3 is 2.15 bits per heavy atom. The van der Waals surface area contributed by atoms with Gasteiger partial charge in [-0.05, 0) is 36.8 Å². The second-order valence-corrected chi connectivity index (χ2v) is 6.06. The summed E-state index contributed by atoms with van der Waals surface area (Å²) in [7, 11) is 0. The molecule has 1 rings (SSSR count). The molecule has 1 aromatic carbocycles. The van der Waals surface area contributed by atoms with Gasteiger partial charge in [-0.15, -0.1) is 0 Å². The maximum Gasteiger partial charge on any atom is 0.257 e. The number of rotatable bonds is 7. The van der Waals surface area contributed by atoms with E-state index in [2.05, 4.69) is 33.0 Å². The van der Waals surface area contributed by atoms with Crippen LogP contribution in [-0.2, 0) is 4.79 Å². The lowest BCUT2D eigenvalue weighted by molar-refractivity contribution is -0.123. The van der Waals surface area contributed by atoms with Crippen molar-refractivity contribution in [2.45, 2.75) is 34.6 Å². The minimum Gasteiger partial charge on any atom is -0.484 e. The number of ether oxygens (including phenoxy) is 1. The number of hydrogen-bond acceptors (Lipinski definition) is 2. The van der Waals surface area contributed by atoms with Crippen molar-refractivity contribution in [3.63, 3.8) is 0 Å². The minimum absolute atomic E-state index is 0.0584. The third-order valence-corrected chi connectivity index (χ3v) is 3.64. The van der Waals surface area contributed by atoms with Gasteiger partial charge in [0.2, 0.25) is 0 Å². The molecule has 0 saturated heterocycles. The summed E-state index contributed by atoms with van der Waals surface area (Å²) < 4.78 is 5.46. The summed E-state index contributed by atoms with van der Waals surface area (Å²) in [6.07, 6.45) is 0. The Bertz CT molecular complexity index is 402. The summed E-state index contributed by atoms with van der Waals surface area (Å²) in [4.78, 5) is 11.8. The van der Waals surface area contributed by atoms with Crippen LogP contribution >= 0.6 is 0 Å². The lowest BCUT2D eigenvalue weighted by Crippen LogP contribution is -2.36. The van der Waals surface area contributed by atoms with Crippen molar-refractivity contribution in [3.05, 3.63) is 29.8 Å². The molecule has 0 aliphatic heterocycles. The van der Waals surface area contributed by atoms with Crippen molar-refractivity contribution in [2.24, 2.45) is 17.8 Å². The van der Waals surface area contributed by atoms with E-state index >= 15 is 0 Å². The lowest BCUT2D eigenvalue weighted by atomic mass is 9.85. The average Bonchev–Trinajstić information content (AvgIpc) is 2.37. The van der Waals surface area contributed by atoms with Gasteiger partial charge in [-0.25, -0.2) is 0 Å². The fraction of sp³-hybridized carbons (Fsp3) is 0.588. The highest BCUT2D eigenvalue weighted by Gasteiger charge is 2.18. The van der Waals surface area contributed by atoms with Gasteiger partial charge < -0.3 is 10.1 Å². The quantitative estimate of drug-likeness (QED) is 0.829. The largest absolute Gasteiger partial charge is 0.484 e. The average molecular weight is 277 g/mol. The van der Waals surface area contributed by atoms with E-state index in [4.69, 9.17) is 4.74 Å². The third kappa shape index (κ3) is 5.64. The van der Waals surface area contributed by atoms with Crippen LogP contribution in [0.1, 0.15) is 33.3 Å². The van der Waals surface area contributed by atoms with Gasteiger partial charge in [0.1, 0.15) is 5.75 Å². The molecule has 0 aromatic heterocycles. The van der Waals surface area contributed by atoms with Crippen molar-refractivity contribution in [2.75, 3.05) is 13.2 Å². The van der Waals surface area contributed by atoms with E-state index < -0.39 is 0 Å². The third-order valence-electron chi connectivity index (χ3n) is 3.64. The summed E-state index contributed by atoms with van der Waals surface area (Å²) in [5.41, 5.74) is 1.18. The first-order valence-corrected chi connectivity index (χ1v) is 7.36. The number of carbonyl (C=O) groups excluding carboxylic acids is 1. The molecule has 112 valence electrons. The number of carbonyl (C=O) groups is 1. The Morgan fingerprint density at radius 2 is 1.65 bits per heavy atom. The second-order valence-electron chi connectivity index (χ2n) is 6.06. The molecule has 0 fully saturated rings. The van der Waals surface area contributed by atoms with Crippen molar-refractivity contribution >= 4 is 5.91 Å². The summed E-state index contributed by atoms with van der Waals surface area (Å²) in [6.45, 7) is 11.6. The van der Waals surface area contributed by atoms with Gasteiger partial charge in [-0.1, -0.05) is 45.4 Å². The zero-order valence-corrected chi connectivity index (χ0v) is 13.3. The van der Waals surface area contributed by atoms with Crippen LogP contribution in [0.15, 0.2) is 24.3 Å². The van der Waals surface area contributed by atoms with Gasteiger partial charge in [-0.2, -0.15) is 0 Å². The molecule has 1 aromatic rings. The number of aryl methyl sites for hydroxylation is 1. The van der Waals surface area contributed by atoms with Crippen LogP contribution in [0.3, 0.4) is 0 Å². The molecular formula is C17H27NO2. The smallest absolute Gasteiger partial charge is 0.257 e. The van der Waals surface area contributed by atoms with E-state index in [-0.39, 0.29) is 12.5 Å². The van der Waals surface area contributed by atoms with E-state index in [9.17, 15) is 4.79 Å². The standard InChI is InChI=1S/C17H27NO2/c1-12(2)16(13(3)4)10-18-17(19)11-20-15-8-6-14(5)7-9-15/h6-9,12-13,16H,10-11H2,1-5H3,(H,18,19). The molecule has 3 nitrogen and oxygen atoms in total. The number of benzene rings is 1. The molecule has 0 saturated carbocycles. The van der Waals surface area contributed by atoms with Gasteiger partial charge in [0.05, 0.1) is 0 Å². The van der Waals surface area contributed by atoms with E-state index in [0.717, 1.165) is 5.75 Å². The van der Waals surface area contributed by atoms with E-state index in [1.165, 1.54) is 5.56 Å². The van der Waals surface area contributed by atoms with Gasteiger partial charge in [0.15, 0.2) is 6.61 Å². The normalized spacial score (nSPS) is 11.2. The van der Waals surface area contributed by atoms with Crippen molar-refractivity contribution in [3.8, 4) is 5.75 Å². The Hall–Kier alpha value is -1.51. The van der Waals surface area contributed by atoms with Crippen LogP contribution in [0.5, 0.6) is 5.75 Å². The van der Waals surface area contributed by atoms with Crippen LogP contribution in [0.25, 0.3) is 0 Å². The highest BCUT2D eigenvalue weighted by Crippen LogP contribution is 2.19. The summed E-state index contributed by atoms with van der Waals surface area (Å²) in [6, 6.07) is 7.71. The molecule has 0 spiro atoms. The molecule has 0 atom stereocenters. The Balaban J connectivity index is 2.35. The number of nitrogens with one attached hydrogen (secondary N) is 1. The van der Waals surface area contributed by atoms with Crippen LogP contribution in [0.4, 0.5) is 0 Å². The summed E-state index contributed by atoms with van der Waals surface area (Å²) in [5, 5.41) is 2.96. The molecule has 0 radical (unpaired) electrons. The Labute approximate surface area is 122 Å². The van der Waals surface area contributed by atoms with Crippen LogP contribution < -0.4 is 10.1 Å². The zero-order valence-electron chi connectivity index (χ0n) is 13.3. The van der Waals surface area contributed by atoms with Gasteiger partial charge >= 0.3 is 0 Å². The molecule has 20 heavy (non-hydrogen) atoms. The number of amides is 1. The summed E-state index contributed by atoms with van der Waals surface area (Å²) >= 11 is 0. The molecule has 0 heterocycles. The topological polar surface area (TPSA) is 38.3 Å². The molecule has 0 unspecified atom stereocenters. The lowest BCUT2D eigenvalue weighted by Gasteiger charge is -2.25. The fourth-order valence-electron chi connectivity index (χ4n) is 2.31. The minimum atomic E-state index is -0.0584. The van der Waals surface area contributed by atoms with Crippen LogP contribution in [0.2, 0.25) is 0 Å². The van der Waals surface area contributed by atoms with E-state index in [1.54, 1.807) is 0 Å². The fourth-order valence-corrected chi connectivity index (χ4v) is 2.31. The van der Waals surface area contributed by atoms with Crippen LogP contribution in [0, 0.1) is 24.7 Å². The molecular weight excluding hydrogens is 250 g/mol. The van der Waals surface area contributed by atoms with Gasteiger partial charge in [0.25, 0.3) is 5.91 Å². The molecule has 0 aliphatic carbocycles. The van der Waals surface area contributed by atoms with E-state index in [1.807, 2.05) is 31.2 Å². The van der Waals surface area contributed by atoms with Gasteiger partial charge in [0, 0.05) is 6.54 Å². The molecule has 0 aliphatic rings. The molecule has 1 N–H and O–H groups in total. The number of hydrogen-bond donors (Lipinski definition) is 1. The SMILES string of the molecule is Cc1ccc(OCC(=O)NCC(C(C)C)C(C)C)cc1. The summed E-state index contributed by atoms with van der Waals surface area (Å²) in [5.74, 6) is 2.30. The predicted octanol–water partition coefficient (Wildman–Crippen LogP) is 3.42. The highest BCUT2D eigenvalue weighted by molar-refractivity contribution is 5.77. The first-order valence-electron chi connectivity index (χ1n) is 7.36. The Kier molecular flexibility index (Phi) is 6.56.